The van der Waals surface area contributed by atoms with Crippen LogP contribution in [0.4, 0.5) is 0 Å². The van der Waals surface area contributed by atoms with Gasteiger partial charge in [0, 0.05) is 19.1 Å². The molecule has 0 aliphatic rings. The molecule has 0 amide bonds. The van der Waals surface area contributed by atoms with Crippen molar-refractivity contribution < 1.29 is 9.90 Å². The Bertz CT molecular complexity index is 246. The summed E-state index contributed by atoms with van der Waals surface area (Å²) in [6.07, 6.45) is 0. The first kappa shape index (κ1) is 16.4. The molecule has 0 aromatic heterocycles. The second-order valence-electron chi connectivity index (χ2n) is 5.06. The summed E-state index contributed by atoms with van der Waals surface area (Å²) in [6.45, 7) is 8.18. The summed E-state index contributed by atoms with van der Waals surface area (Å²) in [5, 5.41) is 12.1. The summed E-state index contributed by atoms with van der Waals surface area (Å²) in [4.78, 5) is 15.5. The van der Waals surface area contributed by atoms with E-state index in [0.717, 1.165) is 13.1 Å². The van der Waals surface area contributed by atoms with Gasteiger partial charge in [0.05, 0.1) is 0 Å². The van der Waals surface area contributed by atoms with Crippen molar-refractivity contribution in [2.45, 2.75) is 32.4 Å². The number of aliphatic carboxylic acids is 1. The van der Waals surface area contributed by atoms with Crippen LogP contribution in [0, 0.1) is 0 Å². The lowest BCUT2D eigenvalue weighted by molar-refractivity contribution is -0.145. The molecule has 0 aliphatic carbocycles. The van der Waals surface area contributed by atoms with Crippen molar-refractivity contribution in [3.63, 3.8) is 0 Å². The van der Waals surface area contributed by atoms with Crippen molar-refractivity contribution in [3.05, 3.63) is 0 Å². The summed E-state index contributed by atoms with van der Waals surface area (Å²) < 4.78 is 0. The van der Waals surface area contributed by atoms with Gasteiger partial charge in [0.2, 0.25) is 0 Å². The number of nitrogens with zero attached hydrogens (tertiary/aromatic N) is 2. The average molecular weight is 245 g/mol. The number of hydrogen-bond donors (Lipinski definition) is 2. The monoisotopic (exact) mass is 245 g/mol. The maximum atomic E-state index is 11.2. The maximum Gasteiger partial charge on any atom is 0.324 e. The van der Waals surface area contributed by atoms with Gasteiger partial charge in [0.1, 0.15) is 5.54 Å². The van der Waals surface area contributed by atoms with Gasteiger partial charge >= 0.3 is 5.97 Å². The summed E-state index contributed by atoms with van der Waals surface area (Å²) in [5.41, 5.74) is -0.892. The molecule has 0 saturated heterocycles. The lowest BCUT2D eigenvalue weighted by Gasteiger charge is -2.36. The minimum Gasteiger partial charge on any atom is -0.480 e. The first-order chi connectivity index (χ1) is 7.76. The zero-order valence-electron chi connectivity index (χ0n) is 11.9. The van der Waals surface area contributed by atoms with Gasteiger partial charge in [-0.3, -0.25) is 9.69 Å². The molecule has 2 atom stereocenters. The van der Waals surface area contributed by atoms with E-state index in [9.17, 15) is 9.90 Å². The number of carboxylic acid groups (broad SMARTS) is 1. The van der Waals surface area contributed by atoms with Crippen molar-refractivity contribution >= 4 is 5.97 Å². The van der Waals surface area contributed by atoms with E-state index in [0.29, 0.717) is 12.6 Å². The van der Waals surface area contributed by atoms with Gasteiger partial charge in [-0.05, 0) is 41.5 Å². The number of nitrogens with one attached hydrogen (secondary N) is 1. The Morgan fingerprint density at radius 3 is 2.29 bits per heavy atom. The quantitative estimate of drug-likeness (QED) is 0.645. The molecule has 102 valence electrons. The number of likely N-dealkylation sites (N-methyl/N-ethyl adjacent to an activating group) is 3. The van der Waals surface area contributed by atoms with Crippen LogP contribution in [0.5, 0.6) is 0 Å². The SMILES string of the molecule is CCN(CC(C)(NC)C(=O)O)C(C)CN(C)C. The van der Waals surface area contributed by atoms with E-state index >= 15 is 0 Å². The minimum absolute atomic E-state index is 0.335. The number of hydrogen-bond acceptors (Lipinski definition) is 4. The zero-order chi connectivity index (χ0) is 13.6. The molecule has 0 aromatic carbocycles. The van der Waals surface area contributed by atoms with Crippen LogP contribution >= 0.6 is 0 Å². The molecule has 2 unspecified atom stereocenters. The van der Waals surface area contributed by atoms with E-state index < -0.39 is 11.5 Å². The number of carbonyl (C=O) groups is 1. The van der Waals surface area contributed by atoms with Gasteiger partial charge in [-0.15, -0.1) is 0 Å². The first-order valence-electron chi connectivity index (χ1n) is 6.08. The highest BCUT2D eigenvalue weighted by Crippen LogP contribution is 2.10. The lowest BCUT2D eigenvalue weighted by atomic mass is 10.0. The summed E-state index contributed by atoms with van der Waals surface area (Å²) in [7, 11) is 5.75. The molecule has 0 spiro atoms. The number of rotatable bonds is 8. The molecule has 2 N–H and O–H groups in total. The van der Waals surface area contributed by atoms with Crippen molar-refractivity contribution in [1.29, 1.82) is 0 Å². The third kappa shape index (κ3) is 5.02. The smallest absolute Gasteiger partial charge is 0.324 e. The van der Waals surface area contributed by atoms with Crippen LogP contribution in [0.3, 0.4) is 0 Å². The van der Waals surface area contributed by atoms with Crippen LogP contribution in [0.1, 0.15) is 20.8 Å². The van der Waals surface area contributed by atoms with Crippen LogP contribution in [0.15, 0.2) is 0 Å². The molecule has 0 saturated carbocycles. The molecular formula is C12H27N3O2. The lowest BCUT2D eigenvalue weighted by Crippen LogP contribution is -2.57. The molecule has 0 radical (unpaired) electrons. The van der Waals surface area contributed by atoms with Gasteiger partial charge in [-0.1, -0.05) is 6.92 Å². The third-order valence-corrected chi connectivity index (χ3v) is 3.20. The van der Waals surface area contributed by atoms with E-state index in [1.54, 1.807) is 14.0 Å². The van der Waals surface area contributed by atoms with Gasteiger partial charge in [0.25, 0.3) is 0 Å². The van der Waals surface area contributed by atoms with E-state index in [2.05, 4.69) is 29.0 Å². The molecule has 5 heteroatoms. The summed E-state index contributed by atoms with van der Waals surface area (Å²) in [5.74, 6) is -0.810. The van der Waals surface area contributed by atoms with Crippen molar-refractivity contribution in [2.75, 3.05) is 40.8 Å². The topological polar surface area (TPSA) is 55.8 Å². The van der Waals surface area contributed by atoms with Gasteiger partial charge in [-0.2, -0.15) is 0 Å². The molecule has 0 bridgehead atoms. The van der Waals surface area contributed by atoms with E-state index in [1.165, 1.54) is 0 Å². The Morgan fingerprint density at radius 2 is 2.00 bits per heavy atom. The third-order valence-electron chi connectivity index (χ3n) is 3.20. The Labute approximate surface area is 105 Å². The molecule has 0 heterocycles. The van der Waals surface area contributed by atoms with Crippen molar-refractivity contribution in [1.82, 2.24) is 15.1 Å². The van der Waals surface area contributed by atoms with Crippen LogP contribution in [0.25, 0.3) is 0 Å². The molecule has 0 rings (SSSR count). The molecule has 0 aromatic rings. The van der Waals surface area contributed by atoms with Crippen molar-refractivity contribution in [2.24, 2.45) is 0 Å². The Kier molecular flexibility index (Phi) is 6.67. The minimum atomic E-state index is -0.892. The Hall–Kier alpha value is -0.650. The van der Waals surface area contributed by atoms with Gasteiger partial charge < -0.3 is 15.3 Å². The van der Waals surface area contributed by atoms with Crippen LogP contribution in [0.2, 0.25) is 0 Å². The van der Waals surface area contributed by atoms with E-state index in [1.807, 2.05) is 14.1 Å². The van der Waals surface area contributed by atoms with E-state index in [-0.39, 0.29) is 0 Å². The fraction of sp³-hybridized carbons (Fsp3) is 0.917. The van der Waals surface area contributed by atoms with E-state index in [4.69, 9.17) is 0 Å². The summed E-state index contributed by atoms with van der Waals surface area (Å²) >= 11 is 0. The Balaban J connectivity index is 4.62. The largest absolute Gasteiger partial charge is 0.480 e. The summed E-state index contributed by atoms with van der Waals surface area (Å²) in [6, 6.07) is 0.335. The Morgan fingerprint density at radius 1 is 1.47 bits per heavy atom. The number of carboxylic acids is 1. The second kappa shape index (κ2) is 6.93. The van der Waals surface area contributed by atoms with Gasteiger partial charge in [0.15, 0.2) is 0 Å². The molecule has 0 aliphatic heterocycles. The first-order valence-corrected chi connectivity index (χ1v) is 6.08. The highest BCUT2D eigenvalue weighted by Gasteiger charge is 2.34. The zero-order valence-corrected chi connectivity index (χ0v) is 11.9. The van der Waals surface area contributed by atoms with Crippen molar-refractivity contribution in [3.8, 4) is 0 Å². The standard InChI is InChI=1S/C12H27N3O2/c1-7-15(10(2)8-14(5)6)9-12(3,13-4)11(16)17/h10,13H,7-9H2,1-6H3,(H,16,17). The second-order valence-corrected chi connectivity index (χ2v) is 5.06. The molecular weight excluding hydrogens is 218 g/mol. The van der Waals surface area contributed by atoms with Crippen LogP contribution in [-0.2, 0) is 4.79 Å². The fourth-order valence-electron chi connectivity index (χ4n) is 1.88. The fourth-order valence-corrected chi connectivity index (χ4v) is 1.88. The van der Waals surface area contributed by atoms with Crippen LogP contribution < -0.4 is 5.32 Å². The highest BCUT2D eigenvalue weighted by atomic mass is 16.4. The molecule has 17 heavy (non-hydrogen) atoms. The van der Waals surface area contributed by atoms with Crippen LogP contribution in [-0.4, -0.2) is 73.2 Å². The predicted octanol–water partition coefficient (Wildman–Crippen LogP) is 0.321. The molecule has 5 nitrogen and oxygen atoms in total. The van der Waals surface area contributed by atoms with Gasteiger partial charge in [-0.25, -0.2) is 0 Å². The maximum absolute atomic E-state index is 11.2. The normalized spacial score (nSPS) is 17.2. The molecule has 0 fully saturated rings. The highest BCUT2D eigenvalue weighted by molar-refractivity contribution is 5.78. The predicted molar refractivity (Wildman–Crippen MR) is 70.4 cm³/mol. The average Bonchev–Trinajstić information content (AvgIpc) is 2.24.